The number of hydrogen-bond donors (Lipinski definition) is 1. The van der Waals surface area contributed by atoms with Gasteiger partial charge in [0.1, 0.15) is 11.5 Å². The molecular weight excluding hydrogens is 310 g/mol. The zero-order chi connectivity index (χ0) is 14.1. The molecule has 2 N–H and O–H groups in total. The van der Waals surface area contributed by atoms with E-state index in [0.29, 0.717) is 18.0 Å². The van der Waals surface area contributed by atoms with Crippen molar-refractivity contribution in [2.75, 3.05) is 13.1 Å². The third kappa shape index (κ3) is 3.12. The third-order valence-electron chi connectivity index (χ3n) is 3.58. The van der Waals surface area contributed by atoms with E-state index < -0.39 is 0 Å². The molecule has 5 nitrogen and oxygen atoms in total. The fraction of sp³-hybridized carbons (Fsp3) is 0.429. The molecule has 1 amide bonds. The minimum absolute atomic E-state index is 0. The predicted molar refractivity (Wildman–Crippen MR) is 84.9 cm³/mol. The summed E-state index contributed by atoms with van der Waals surface area (Å²) in [5.41, 5.74) is 6.20. The number of amides is 1. The molecule has 0 aliphatic carbocycles. The van der Waals surface area contributed by atoms with E-state index in [1.54, 1.807) is 5.38 Å². The van der Waals surface area contributed by atoms with Gasteiger partial charge in [-0.2, -0.15) is 0 Å². The van der Waals surface area contributed by atoms with Gasteiger partial charge in [0.25, 0.3) is 5.91 Å². The standard InChI is InChI=1S/C14H17N3O2S.ClH/c1-9-4-5-12(19-9)13-16-11(8-20-13)14(18)17-6-2-3-10(17)7-15;/h4-5,8,10H,2-3,6-7,15H2,1H3;1H. The SMILES string of the molecule is Cc1ccc(-c2nc(C(=O)N3CCCC3CN)cs2)o1.Cl. The van der Waals surface area contributed by atoms with Crippen LogP contribution < -0.4 is 5.73 Å². The van der Waals surface area contributed by atoms with Crippen LogP contribution in [-0.2, 0) is 0 Å². The van der Waals surface area contributed by atoms with E-state index >= 15 is 0 Å². The first-order valence-electron chi connectivity index (χ1n) is 6.72. The van der Waals surface area contributed by atoms with Crippen LogP contribution in [0.3, 0.4) is 0 Å². The summed E-state index contributed by atoms with van der Waals surface area (Å²) in [7, 11) is 0. The number of nitrogens with zero attached hydrogens (tertiary/aromatic N) is 2. The number of likely N-dealkylation sites (tertiary alicyclic amines) is 1. The van der Waals surface area contributed by atoms with E-state index in [2.05, 4.69) is 4.98 Å². The maximum absolute atomic E-state index is 12.5. The Hall–Kier alpha value is -1.37. The molecule has 1 fully saturated rings. The van der Waals surface area contributed by atoms with Crippen molar-refractivity contribution in [3.8, 4) is 10.8 Å². The molecule has 1 atom stereocenters. The number of aryl methyl sites for hydroxylation is 1. The molecular formula is C14H18ClN3O2S. The van der Waals surface area contributed by atoms with Crippen molar-refractivity contribution < 1.29 is 9.21 Å². The second-order valence-electron chi connectivity index (χ2n) is 4.98. The molecule has 0 bridgehead atoms. The van der Waals surface area contributed by atoms with Crippen LogP contribution in [0.15, 0.2) is 21.9 Å². The molecule has 3 rings (SSSR count). The monoisotopic (exact) mass is 327 g/mol. The molecule has 7 heteroatoms. The molecule has 3 heterocycles. The average molecular weight is 328 g/mol. The lowest BCUT2D eigenvalue weighted by atomic mass is 10.2. The number of aromatic nitrogens is 1. The lowest BCUT2D eigenvalue weighted by Crippen LogP contribution is -2.40. The summed E-state index contributed by atoms with van der Waals surface area (Å²) >= 11 is 1.43. The van der Waals surface area contributed by atoms with Gasteiger partial charge in [0.15, 0.2) is 10.8 Å². The molecule has 1 unspecified atom stereocenters. The minimum atomic E-state index is -0.0243. The molecule has 0 aromatic carbocycles. The van der Waals surface area contributed by atoms with Gasteiger partial charge in [-0.15, -0.1) is 23.7 Å². The van der Waals surface area contributed by atoms with Crippen molar-refractivity contribution in [2.45, 2.75) is 25.8 Å². The highest BCUT2D eigenvalue weighted by molar-refractivity contribution is 7.13. The van der Waals surface area contributed by atoms with E-state index in [1.165, 1.54) is 11.3 Å². The number of nitrogens with two attached hydrogens (primary N) is 1. The molecule has 1 saturated heterocycles. The zero-order valence-electron chi connectivity index (χ0n) is 11.7. The molecule has 1 aliphatic rings. The Bertz CT molecular complexity index is 625. The summed E-state index contributed by atoms with van der Waals surface area (Å²) in [4.78, 5) is 18.7. The fourth-order valence-corrected chi connectivity index (χ4v) is 3.28. The van der Waals surface area contributed by atoms with Crippen molar-refractivity contribution in [3.05, 3.63) is 29.0 Å². The molecule has 21 heavy (non-hydrogen) atoms. The minimum Gasteiger partial charge on any atom is -0.459 e. The lowest BCUT2D eigenvalue weighted by molar-refractivity contribution is 0.0736. The van der Waals surface area contributed by atoms with Crippen LogP contribution in [0.2, 0.25) is 0 Å². The van der Waals surface area contributed by atoms with Crippen LogP contribution in [0.4, 0.5) is 0 Å². The summed E-state index contributed by atoms with van der Waals surface area (Å²) in [6, 6.07) is 3.92. The second-order valence-corrected chi connectivity index (χ2v) is 5.84. The van der Waals surface area contributed by atoms with Crippen LogP contribution in [0.25, 0.3) is 10.8 Å². The Morgan fingerprint density at radius 3 is 3.05 bits per heavy atom. The Morgan fingerprint density at radius 1 is 1.57 bits per heavy atom. The summed E-state index contributed by atoms with van der Waals surface area (Å²) in [5, 5.41) is 2.53. The van der Waals surface area contributed by atoms with E-state index in [9.17, 15) is 4.79 Å². The number of thiazole rings is 1. The van der Waals surface area contributed by atoms with Gasteiger partial charge in [-0.25, -0.2) is 4.98 Å². The van der Waals surface area contributed by atoms with E-state index in [1.807, 2.05) is 24.0 Å². The van der Waals surface area contributed by atoms with Crippen molar-refractivity contribution >= 4 is 29.7 Å². The first-order valence-corrected chi connectivity index (χ1v) is 7.60. The molecule has 2 aromatic rings. The Labute approximate surface area is 133 Å². The van der Waals surface area contributed by atoms with Crippen LogP contribution in [0.1, 0.15) is 29.1 Å². The topological polar surface area (TPSA) is 72.4 Å². The zero-order valence-corrected chi connectivity index (χ0v) is 13.4. The smallest absolute Gasteiger partial charge is 0.273 e. The molecule has 2 aromatic heterocycles. The van der Waals surface area contributed by atoms with Gasteiger partial charge in [0.05, 0.1) is 0 Å². The van der Waals surface area contributed by atoms with Crippen LogP contribution in [-0.4, -0.2) is 34.9 Å². The normalized spacial score (nSPS) is 17.8. The molecule has 114 valence electrons. The van der Waals surface area contributed by atoms with Gasteiger partial charge in [-0.05, 0) is 31.9 Å². The lowest BCUT2D eigenvalue weighted by Gasteiger charge is -2.22. The number of hydrogen-bond acceptors (Lipinski definition) is 5. The van der Waals surface area contributed by atoms with Crippen LogP contribution in [0, 0.1) is 6.92 Å². The fourth-order valence-electron chi connectivity index (χ4n) is 2.53. The van der Waals surface area contributed by atoms with E-state index in [4.69, 9.17) is 10.2 Å². The number of carbonyl (C=O) groups excluding carboxylic acids is 1. The quantitative estimate of drug-likeness (QED) is 0.940. The van der Waals surface area contributed by atoms with Crippen molar-refractivity contribution in [3.63, 3.8) is 0 Å². The van der Waals surface area contributed by atoms with Crippen molar-refractivity contribution in [2.24, 2.45) is 5.73 Å². The van der Waals surface area contributed by atoms with Gasteiger partial charge in [-0.1, -0.05) is 0 Å². The average Bonchev–Trinajstić information content (AvgIpc) is 3.17. The van der Waals surface area contributed by atoms with Gasteiger partial charge in [0.2, 0.25) is 0 Å². The Morgan fingerprint density at radius 2 is 2.38 bits per heavy atom. The van der Waals surface area contributed by atoms with Crippen LogP contribution in [0.5, 0.6) is 0 Å². The molecule has 1 aliphatic heterocycles. The Balaban J connectivity index is 0.00000161. The van der Waals surface area contributed by atoms with Gasteiger partial charge >= 0.3 is 0 Å². The number of carbonyl (C=O) groups is 1. The maximum Gasteiger partial charge on any atom is 0.273 e. The molecule has 0 radical (unpaired) electrons. The third-order valence-corrected chi connectivity index (χ3v) is 4.44. The molecule has 0 saturated carbocycles. The second kappa shape index (κ2) is 6.60. The summed E-state index contributed by atoms with van der Waals surface area (Å²) in [5.74, 6) is 1.53. The maximum atomic E-state index is 12.5. The van der Waals surface area contributed by atoms with E-state index in [-0.39, 0.29) is 24.4 Å². The number of furan rings is 1. The first-order chi connectivity index (χ1) is 9.69. The van der Waals surface area contributed by atoms with Crippen molar-refractivity contribution in [1.29, 1.82) is 0 Å². The molecule has 0 spiro atoms. The number of halogens is 1. The van der Waals surface area contributed by atoms with Gasteiger partial charge < -0.3 is 15.1 Å². The predicted octanol–water partition coefficient (Wildman–Crippen LogP) is 2.70. The summed E-state index contributed by atoms with van der Waals surface area (Å²) < 4.78 is 5.53. The van der Waals surface area contributed by atoms with Crippen molar-refractivity contribution in [1.82, 2.24) is 9.88 Å². The number of rotatable bonds is 3. The van der Waals surface area contributed by atoms with E-state index in [0.717, 1.165) is 30.2 Å². The Kier molecular flexibility index (Phi) is 5.03. The summed E-state index contributed by atoms with van der Waals surface area (Å²) in [6.07, 6.45) is 2.00. The van der Waals surface area contributed by atoms with Gasteiger partial charge in [0, 0.05) is 24.5 Å². The van der Waals surface area contributed by atoms with Gasteiger partial charge in [-0.3, -0.25) is 4.79 Å². The summed E-state index contributed by atoms with van der Waals surface area (Å²) in [6.45, 7) is 3.17. The highest BCUT2D eigenvalue weighted by atomic mass is 35.5. The first kappa shape index (κ1) is 16.0. The highest BCUT2D eigenvalue weighted by Crippen LogP contribution is 2.27. The van der Waals surface area contributed by atoms with Crippen LogP contribution >= 0.6 is 23.7 Å². The highest BCUT2D eigenvalue weighted by Gasteiger charge is 2.29. The largest absolute Gasteiger partial charge is 0.459 e.